The van der Waals surface area contributed by atoms with Gasteiger partial charge in [-0.05, 0) is 56.2 Å². The Labute approximate surface area is 119 Å². The monoisotopic (exact) mass is 261 g/mol. The Kier molecular flexibility index (Phi) is 6.57. The fourth-order valence-corrected chi connectivity index (χ4v) is 2.86. The number of nitrogens with one attached hydrogen (secondary N) is 1. The molecule has 1 nitrogen and oxygen atoms in total. The van der Waals surface area contributed by atoms with Crippen molar-refractivity contribution in [2.24, 2.45) is 5.41 Å². The largest absolute Gasteiger partial charge is 0.316 e. The fraction of sp³-hybridized carbons (Fsp3) is 0.667. The van der Waals surface area contributed by atoms with E-state index in [4.69, 9.17) is 0 Å². The van der Waals surface area contributed by atoms with Crippen LogP contribution in [0.15, 0.2) is 18.2 Å². The van der Waals surface area contributed by atoms with Crippen LogP contribution in [0, 0.1) is 19.3 Å². The van der Waals surface area contributed by atoms with Crippen LogP contribution < -0.4 is 5.32 Å². The molecule has 19 heavy (non-hydrogen) atoms. The topological polar surface area (TPSA) is 12.0 Å². The molecule has 1 atom stereocenters. The van der Waals surface area contributed by atoms with E-state index < -0.39 is 0 Å². The average Bonchev–Trinajstić information content (AvgIpc) is 2.34. The molecule has 1 aromatic rings. The Balaban J connectivity index is 2.78. The Morgan fingerprint density at radius 3 is 2.47 bits per heavy atom. The van der Waals surface area contributed by atoms with E-state index in [2.05, 4.69) is 58.1 Å². The zero-order chi connectivity index (χ0) is 14.3. The molecule has 0 aromatic heterocycles. The van der Waals surface area contributed by atoms with E-state index in [1.165, 1.54) is 42.4 Å². The maximum Gasteiger partial charge on any atom is 0.000834 e. The summed E-state index contributed by atoms with van der Waals surface area (Å²) in [6.45, 7) is 13.6. The van der Waals surface area contributed by atoms with Gasteiger partial charge in [0.2, 0.25) is 0 Å². The second kappa shape index (κ2) is 7.69. The SMILES string of the molecule is CCCNCC(C)(CCC)Cc1cc(C)ccc1C. The van der Waals surface area contributed by atoms with Crippen molar-refractivity contribution in [3.05, 3.63) is 34.9 Å². The molecule has 0 fully saturated rings. The summed E-state index contributed by atoms with van der Waals surface area (Å²) in [5.74, 6) is 0. The van der Waals surface area contributed by atoms with Crippen molar-refractivity contribution in [3.63, 3.8) is 0 Å². The highest BCUT2D eigenvalue weighted by Crippen LogP contribution is 2.29. The molecule has 0 radical (unpaired) electrons. The standard InChI is InChI=1S/C18H31N/c1-6-10-18(5,14-19-11-7-2)13-17-12-15(3)8-9-16(17)4/h8-9,12,19H,6-7,10-11,13-14H2,1-5H3. The quantitative estimate of drug-likeness (QED) is 0.672. The Morgan fingerprint density at radius 2 is 1.84 bits per heavy atom. The summed E-state index contributed by atoms with van der Waals surface area (Å²) in [4.78, 5) is 0. The molecule has 0 saturated heterocycles. The predicted octanol–water partition coefficient (Wildman–Crippen LogP) is 4.65. The van der Waals surface area contributed by atoms with E-state index in [0.717, 1.165) is 13.1 Å². The van der Waals surface area contributed by atoms with E-state index in [9.17, 15) is 0 Å². The lowest BCUT2D eigenvalue weighted by Gasteiger charge is -2.31. The molecule has 1 heteroatoms. The van der Waals surface area contributed by atoms with Crippen LogP contribution in [0.25, 0.3) is 0 Å². The molecule has 0 amide bonds. The van der Waals surface area contributed by atoms with Gasteiger partial charge in [-0.1, -0.05) is 51.0 Å². The summed E-state index contributed by atoms with van der Waals surface area (Å²) in [5.41, 5.74) is 4.71. The van der Waals surface area contributed by atoms with Crippen LogP contribution in [0.4, 0.5) is 0 Å². The molecule has 0 aliphatic heterocycles. The lowest BCUT2D eigenvalue weighted by molar-refractivity contribution is 0.275. The van der Waals surface area contributed by atoms with Gasteiger partial charge in [0, 0.05) is 6.54 Å². The molecular formula is C18H31N. The third-order valence-corrected chi connectivity index (χ3v) is 3.95. The molecule has 1 rings (SSSR count). The highest BCUT2D eigenvalue weighted by molar-refractivity contribution is 5.31. The van der Waals surface area contributed by atoms with Crippen molar-refractivity contribution in [1.82, 2.24) is 5.32 Å². The van der Waals surface area contributed by atoms with Crippen molar-refractivity contribution in [3.8, 4) is 0 Å². The fourth-order valence-electron chi connectivity index (χ4n) is 2.86. The van der Waals surface area contributed by atoms with Crippen LogP contribution in [-0.2, 0) is 6.42 Å². The molecule has 1 unspecified atom stereocenters. The highest BCUT2D eigenvalue weighted by Gasteiger charge is 2.24. The van der Waals surface area contributed by atoms with Crippen molar-refractivity contribution in [2.75, 3.05) is 13.1 Å². The molecule has 0 bridgehead atoms. The predicted molar refractivity (Wildman–Crippen MR) is 85.8 cm³/mol. The van der Waals surface area contributed by atoms with Gasteiger partial charge in [0.1, 0.15) is 0 Å². The smallest absolute Gasteiger partial charge is 0.000834 e. The molecule has 0 aliphatic carbocycles. The maximum absolute atomic E-state index is 3.61. The summed E-state index contributed by atoms with van der Waals surface area (Å²) in [6.07, 6.45) is 4.95. The van der Waals surface area contributed by atoms with Crippen LogP contribution in [0.5, 0.6) is 0 Å². The number of aryl methyl sites for hydroxylation is 2. The lowest BCUT2D eigenvalue weighted by atomic mass is 9.78. The van der Waals surface area contributed by atoms with Gasteiger partial charge in [-0.2, -0.15) is 0 Å². The molecule has 108 valence electrons. The third-order valence-electron chi connectivity index (χ3n) is 3.95. The molecule has 1 N–H and O–H groups in total. The van der Waals surface area contributed by atoms with Crippen LogP contribution >= 0.6 is 0 Å². The van der Waals surface area contributed by atoms with Gasteiger partial charge in [-0.25, -0.2) is 0 Å². The summed E-state index contributed by atoms with van der Waals surface area (Å²) in [7, 11) is 0. The lowest BCUT2D eigenvalue weighted by Crippen LogP contribution is -2.34. The minimum atomic E-state index is 0.377. The Bertz CT molecular complexity index is 383. The Hall–Kier alpha value is -0.820. The second-order valence-corrected chi connectivity index (χ2v) is 6.34. The molecule has 1 aromatic carbocycles. The first-order valence-electron chi connectivity index (χ1n) is 7.77. The third kappa shape index (κ3) is 5.36. The van der Waals surface area contributed by atoms with E-state index in [1.54, 1.807) is 0 Å². The van der Waals surface area contributed by atoms with Gasteiger partial charge in [0.25, 0.3) is 0 Å². The van der Waals surface area contributed by atoms with Crippen LogP contribution in [-0.4, -0.2) is 13.1 Å². The molecule has 0 heterocycles. The molecular weight excluding hydrogens is 230 g/mol. The van der Waals surface area contributed by atoms with Gasteiger partial charge in [0.05, 0.1) is 0 Å². The minimum Gasteiger partial charge on any atom is -0.316 e. The first-order chi connectivity index (χ1) is 9.00. The number of rotatable bonds is 8. The van der Waals surface area contributed by atoms with Crippen molar-refractivity contribution in [2.45, 2.75) is 60.3 Å². The number of hydrogen-bond donors (Lipinski definition) is 1. The molecule has 0 aliphatic rings. The van der Waals surface area contributed by atoms with Gasteiger partial charge in [-0.15, -0.1) is 0 Å². The Morgan fingerprint density at radius 1 is 1.11 bits per heavy atom. The average molecular weight is 261 g/mol. The zero-order valence-electron chi connectivity index (χ0n) is 13.5. The summed E-state index contributed by atoms with van der Waals surface area (Å²) in [5, 5.41) is 3.61. The molecule has 0 saturated carbocycles. The molecule has 0 spiro atoms. The summed E-state index contributed by atoms with van der Waals surface area (Å²) < 4.78 is 0. The van der Waals surface area contributed by atoms with Gasteiger partial charge in [0.15, 0.2) is 0 Å². The highest BCUT2D eigenvalue weighted by atomic mass is 14.9. The van der Waals surface area contributed by atoms with E-state index in [0.29, 0.717) is 5.41 Å². The van der Waals surface area contributed by atoms with Gasteiger partial charge in [-0.3, -0.25) is 0 Å². The van der Waals surface area contributed by atoms with Crippen molar-refractivity contribution < 1.29 is 0 Å². The van der Waals surface area contributed by atoms with Crippen LogP contribution in [0.3, 0.4) is 0 Å². The number of benzene rings is 1. The van der Waals surface area contributed by atoms with Crippen LogP contribution in [0.1, 0.15) is 56.7 Å². The first kappa shape index (κ1) is 16.2. The summed E-state index contributed by atoms with van der Waals surface area (Å²) >= 11 is 0. The van der Waals surface area contributed by atoms with Gasteiger partial charge >= 0.3 is 0 Å². The van der Waals surface area contributed by atoms with Crippen LogP contribution in [0.2, 0.25) is 0 Å². The minimum absolute atomic E-state index is 0.377. The van der Waals surface area contributed by atoms with Crippen molar-refractivity contribution in [1.29, 1.82) is 0 Å². The van der Waals surface area contributed by atoms with E-state index in [1.807, 2.05) is 0 Å². The van der Waals surface area contributed by atoms with Gasteiger partial charge < -0.3 is 5.32 Å². The summed E-state index contributed by atoms with van der Waals surface area (Å²) in [6, 6.07) is 6.84. The van der Waals surface area contributed by atoms with Crippen molar-refractivity contribution >= 4 is 0 Å². The number of hydrogen-bond acceptors (Lipinski definition) is 1. The maximum atomic E-state index is 3.61. The second-order valence-electron chi connectivity index (χ2n) is 6.34. The first-order valence-corrected chi connectivity index (χ1v) is 7.77. The van der Waals surface area contributed by atoms with E-state index in [-0.39, 0.29) is 0 Å². The van der Waals surface area contributed by atoms with E-state index >= 15 is 0 Å². The zero-order valence-corrected chi connectivity index (χ0v) is 13.5. The normalized spacial score (nSPS) is 14.4.